The van der Waals surface area contributed by atoms with Gasteiger partial charge in [-0.05, 0) is 13.3 Å². The van der Waals surface area contributed by atoms with Gasteiger partial charge in [0.1, 0.15) is 0 Å². The molecule has 1 atom stereocenters. The summed E-state index contributed by atoms with van der Waals surface area (Å²) in [6.07, 6.45) is 0.608. The Morgan fingerprint density at radius 3 is 2.57 bits per heavy atom. The Morgan fingerprint density at radius 2 is 2.05 bits per heavy atom. The summed E-state index contributed by atoms with van der Waals surface area (Å²) in [7, 11) is -2.90. The van der Waals surface area contributed by atoms with Crippen molar-refractivity contribution in [3.8, 4) is 0 Å². The number of nitrogens with one attached hydrogen (secondary N) is 3. The summed E-state index contributed by atoms with van der Waals surface area (Å²) in [6.45, 7) is 7.24. The molecule has 0 aliphatic carbocycles. The number of hydrogen-bond acceptors (Lipinski definition) is 4. The molecule has 0 aromatic rings. The Hall–Kier alpha value is -1.31. The van der Waals surface area contributed by atoms with Gasteiger partial charge in [-0.3, -0.25) is 9.79 Å². The summed E-state index contributed by atoms with van der Waals surface area (Å²) in [5, 5.41) is 9.00. The van der Waals surface area contributed by atoms with Crippen molar-refractivity contribution in [2.75, 3.05) is 31.1 Å². The molecule has 1 unspecified atom stereocenters. The minimum atomic E-state index is -2.90. The molecule has 1 amide bonds. The molecule has 1 rings (SSSR count). The van der Waals surface area contributed by atoms with Gasteiger partial charge in [-0.15, -0.1) is 0 Å². The third-order valence-corrected chi connectivity index (χ3v) is 4.89. The molecule has 0 aromatic carbocycles. The molecule has 1 saturated heterocycles. The average molecular weight is 318 g/mol. The Morgan fingerprint density at radius 1 is 1.33 bits per heavy atom. The van der Waals surface area contributed by atoms with Crippen LogP contribution < -0.4 is 16.0 Å². The van der Waals surface area contributed by atoms with Crippen molar-refractivity contribution in [3.05, 3.63) is 0 Å². The highest BCUT2D eigenvalue weighted by Gasteiger charge is 2.28. The fraction of sp³-hybridized carbons (Fsp3) is 0.846. The van der Waals surface area contributed by atoms with E-state index in [4.69, 9.17) is 0 Å². The van der Waals surface area contributed by atoms with Gasteiger partial charge in [0, 0.05) is 25.0 Å². The van der Waals surface area contributed by atoms with Gasteiger partial charge < -0.3 is 16.0 Å². The molecule has 7 nitrogen and oxygen atoms in total. The number of carbonyl (C=O) groups is 1. The van der Waals surface area contributed by atoms with Crippen LogP contribution in [0.15, 0.2) is 4.99 Å². The lowest BCUT2D eigenvalue weighted by Crippen LogP contribution is -2.44. The molecule has 1 heterocycles. The van der Waals surface area contributed by atoms with E-state index in [0.717, 1.165) is 0 Å². The van der Waals surface area contributed by atoms with E-state index in [-0.39, 0.29) is 29.4 Å². The molecule has 0 saturated carbocycles. The first-order chi connectivity index (χ1) is 9.84. The third-order valence-electron chi connectivity index (χ3n) is 3.12. The molecule has 1 aliphatic heterocycles. The van der Waals surface area contributed by atoms with Crippen molar-refractivity contribution in [2.45, 2.75) is 33.2 Å². The number of amides is 1. The van der Waals surface area contributed by atoms with Crippen LogP contribution in [0.5, 0.6) is 0 Å². The van der Waals surface area contributed by atoms with Crippen molar-refractivity contribution >= 4 is 21.7 Å². The first-order valence-electron chi connectivity index (χ1n) is 7.37. The fourth-order valence-corrected chi connectivity index (χ4v) is 3.65. The zero-order chi connectivity index (χ0) is 15.9. The highest BCUT2D eigenvalue weighted by molar-refractivity contribution is 7.91. The highest BCUT2D eigenvalue weighted by atomic mass is 32.2. The van der Waals surface area contributed by atoms with E-state index in [0.29, 0.717) is 32.0 Å². The minimum Gasteiger partial charge on any atom is -0.357 e. The zero-order valence-corrected chi connectivity index (χ0v) is 13.8. The van der Waals surface area contributed by atoms with Crippen LogP contribution in [-0.2, 0) is 14.6 Å². The van der Waals surface area contributed by atoms with Gasteiger partial charge >= 0.3 is 0 Å². The smallest absolute Gasteiger partial charge is 0.222 e. The molecular weight excluding hydrogens is 292 g/mol. The first kappa shape index (κ1) is 17.7. The van der Waals surface area contributed by atoms with Crippen molar-refractivity contribution in [3.63, 3.8) is 0 Å². The number of rotatable bonds is 6. The number of hydrogen-bond donors (Lipinski definition) is 3. The fourth-order valence-electron chi connectivity index (χ4n) is 1.97. The molecule has 0 bridgehead atoms. The van der Waals surface area contributed by atoms with E-state index in [2.05, 4.69) is 20.9 Å². The monoisotopic (exact) mass is 318 g/mol. The topological polar surface area (TPSA) is 99.7 Å². The molecule has 8 heteroatoms. The Labute approximate surface area is 126 Å². The molecule has 3 N–H and O–H groups in total. The maximum absolute atomic E-state index is 11.4. The zero-order valence-electron chi connectivity index (χ0n) is 13.0. The molecule has 21 heavy (non-hydrogen) atoms. The minimum absolute atomic E-state index is 0.00467. The Bertz CT molecular complexity index is 474. The predicted molar refractivity (Wildman–Crippen MR) is 84.0 cm³/mol. The molecule has 1 aliphatic rings. The normalized spacial score (nSPS) is 21.3. The van der Waals surface area contributed by atoms with Crippen LogP contribution in [0, 0.1) is 5.92 Å². The lowest BCUT2D eigenvalue weighted by molar-refractivity contribution is -0.123. The molecule has 1 fully saturated rings. The summed E-state index contributed by atoms with van der Waals surface area (Å²) in [4.78, 5) is 15.7. The van der Waals surface area contributed by atoms with E-state index in [1.54, 1.807) is 0 Å². The molecule has 122 valence electrons. The number of guanidine groups is 1. The number of aliphatic imine (C=N–C) groups is 1. The van der Waals surface area contributed by atoms with Crippen molar-refractivity contribution < 1.29 is 13.2 Å². The van der Waals surface area contributed by atoms with Gasteiger partial charge in [0.15, 0.2) is 15.8 Å². The van der Waals surface area contributed by atoms with Crippen LogP contribution in [0.3, 0.4) is 0 Å². The standard InChI is InChI=1S/C13H26N4O3S/c1-4-14-13(16-7-6-15-12(18)10(2)3)17-11-5-8-21(19,20)9-11/h10-11H,4-9H2,1-3H3,(H,15,18)(H2,14,16,17). The second-order valence-corrected chi connectivity index (χ2v) is 7.68. The van der Waals surface area contributed by atoms with Gasteiger partial charge in [0.25, 0.3) is 0 Å². The maximum atomic E-state index is 11.4. The second kappa shape index (κ2) is 8.21. The van der Waals surface area contributed by atoms with Crippen LogP contribution in [0.25, 0.3) is 0 Å². The number of carbonyl (C=O) groups excluding carboxylic acids is 1. The van der Waals surface area contributed by atoms with E-state index in [1.807, 2.05) is 20.8 Å². The quantitative estimate of drug-likeness (QED) is 0.348. The van der Waals surface area contributed by atoms with Crippen LogP contribution in [-0.4, -0.2) is 57.5 Å². The lowest BCUT2D eigenvalue weighted by atomic mass is 10.2. The summed E-state index contributed by atoms with van der Waals surface area (Å²) >= 11 is 0. The van der Waals surface area contributed by atoms with Gasteiger partial charge in [0.05, 0.1) is 18.1 Å². The third kappa shape index (κ3) is 6.79. The van der Waals surface area contributed by atoms with E-state index in [1.165, 1.54) is 0 Å². The van der Waals surface area contributed by atoms with E-state index < -0.39 is 9.84 Å². The van der Waals surface area contributed by atoms with Gasteiger partial charge in [-0.2, -0.15) is 0 Å². The van der Waals surface area contributed by atoms with Crippen LogP contribution >= 0.6 is 0 Å². The molecule has 0 radical (unpaired) electrons. The molecule has 0 spiro atoms. The maximum Gasteiger partial charge on any atom is 0.222 e. The first-order valence-corrected chi connectivity index (χ1v) is 9.19. The van der Waals surface area contributed by atoms with E-state index in [9.17, 15) is 13.2 Å². The van der Waals surface area contributed by atoms with Gasteiger partial charge in [-0.1, -0.05) is 13.8 Å². The summed E-state index contributed by atoms with van der Waals surface area (Å²) in [5.74, 6) is 0.947. The predicted octanol–water partition coefficient (Wildman–Crippen LogP) is -0.499. The molecule has 0 aromatic heterocycles. The van der Waals surface area contributed by atoms with Crippen molar-refractivity contribution in [2.24, 2.45) is 10.9 Å². The van der Waals surface area contributed by atoms with Crippen LogP contribution in [0.4, 0.5) is 0 Å². The van der Waals surface area contributed by atoms with Gasteiger partial charge in [-0.25, -0.2) is 8.42 Å². The van der Waals surface area contributed by atoms with Crippen LogP contribution in [0.2, 0.25) is 0 Å². The van der Waals surface area contributed by atoms with Crippen molar-refractivity contribution in [1.29, 1.82) is 0 Å². The SMILES string of the molecule is CCNC(=NCCNC(=O)C(C)C)NC1CCS(=O)(=O)C1. The highest BCUT2D eigenvalue weighted by Crippen LogP contribution is 2.10. The second-order valence-electron chi connectivity index (χ2n) is 5.45. The number of nitrogens with zero attached hydrogens (tertiary/aromatic N) is 1. The Kier molecular flexibility index (Phi) is 6.94. The van der Waals surface area contributed by atoms with E-state index >= 15 is 0 Å². The average Bonchev–Trinajstić information content (AvgIpc) is 2.73. The van der Waals surface area contributed by atoms with Crippen molar-refractivity contribution in [1.82, 2.24) is 16.0 Å². The van der Waals surface area contributed by atoms with Crippen LogP contribution in [0.1, 0.15) is 27.2 Å². The summed E-state index contributed by atoms with van der Waals surface area (Å²) in [6, 6.07) is -0.0851. The summed E-state index contributed by atoms with van der Waals surface area (Å²) in [5.41, 5.74) is 0. The molecular formula is C13H26N4O3S. The lowest BCUT2D eigenvalue weighted by Gasteiger charge is -2.16. The largest absolute Gasteiger partial charge is 0.357 e. The number of sulfone groups is 1. The Balaban J connectivity index is 2.41. The van der Waals surface area contributed by atoms with Gasteiger partial charge in [0.2, 0.25) is 5.91 Å². The summed E-state index contributed by atoms with van der Waals surface area (Å²) < 4.78 is 22.9.